The Labute approximate surface area is 247 Å². The van der Waals surface area contributed by atoms with E-state index in [2.05, 4.69) is 56.1 Å². The molecule has 1 rings (SSSR count). The lowest BCUT2D eigenvalue weighted by molar-refractivity contribution is -0.705. The maximum atomic E-state index is 2.60. The largest absolute Gasteiger partial charge is 0.259 e. The summed E-state index contributed by atoms with van der Waals surface area (Å²) in [6, 6.07) is 0.624. The van der Waals surface area contributed by atoms with Gasteiger partial charge in [0.25, 0.3) is 5.82 Å². The molecule has 1 unspecified atom stereocenters. The molecule has 0 bridgehead atoms. The summed E-state index contributed by atoms with van der Waals surface area (Å²) in [6.45, 7) is 13.0. The third-order valence-corrected chi connectivity index (χ3v) is 8.94. The molecular weight excluding hydrogens is 472 g/mol. The molecule has 2 nitrogen and oxygen atoms in total. The third kappa shape index (κ3) is 19.0. The molecule has 2 heteroatoms. The highest BCUT2D eigenvalue weighted by Crippen LogP contribution is 2.22. The van der Waals surface area contributed by atoms with Crippen LogP contribution in [0.1, 0.15) is 219 Å². The van der Waals surface area contributed by atoms with E-state index in [1.54, 1.807) is 5.82 Å². The third-order valence-electron chi connectivity index (χ3n) is 8.94. The molecule has 0 fully saturated rings. The van der Waals surface area contributed by atoms with Crippen LogP contribution in [0.15, 0.2) is 12.4 Å². The Bertz CT molecular complexity index is 631. The number of rotatable bonds is 29. The lowest BCUT2D eigenvalue weighted by atomic mass is 10.0. The van der Waals surface area contributed by atoms with Gasteiger partial charge in [-0.05, 0) is 32.6 Å². The average molecular weight is 546 g/mol. The number of aromatic nitrogens is 2. The molecule has 1 aromatic rings. The van der Waals surface area contributed by atoms with E-state index in [4.69, 9.17) is 0 Å². The second-order valence-electron chi connectivity index (χ2n) is 13.2. The van der Waals surface area contributed by atoms with Crippen LogP contribution in [0.2, 0.25) is 0 Å². The lowest BCUT2D eigenvalue weighted by Gasteiger charge is -2.14. The monoisotopic (exact) mass is 546 g/mol. The summed E-state index contributed by atoms with van der Waals surface area (Å²) in [5.41, 5.74) is 0. The van der Waals surface area contributed by atoms with Crippen LogP contribution in [0.5, 0.6) is 0 Å². The fourth-order valence-corrected chi connectivity index (χ4v) is 6.36. The van der Waals surface area contributed by atoms with E-state index in [1.807, 2.05) is 0 Å². The second kappa shape index (κ2) is 26.1. The minimum Gasteiger partial charge on any atom is -0.234 e. The minimum atomic E-state index is 0.589. The molecule has 0 saturated carbocycles. The van der Waals surface area contributed by atoms with Crippen molar-refractivity contribution < 1.29 is 4.57 Å². The maximum absolute atomic E-state index is 2.60. The van der Waals surface area contributed by atoms with Gasteiger partial charge in [0, 0.05) is 0 Å². The van der Waals surface area contributed by atoms with Gasteiger partial charge in [0.1, 0.15) is 12.4 Å². The van der Waals surface area contributed by atoms with Crippen LogP contribution < -0.4 is 4.57 Å². The van der Waals surface area contributed by atoms with Crippen molar-refractivity contribution in [3.05, 3.63) is 18.2 Å². The number of aryl methyl sites for hydroxylation is 1. The molecular formula is C37H73N2+. The lowest BCUT2D eigenvalue weighted by Crippen LogP contribution is -2.38. The predicted octanol–water partition coefficient (Wildman–Crippen LogP) is 12.6. The first-order chi connectivity index (χ1) is 19.1. The van der Waals surface area contributed by atoms with Crippen molar-refractivity contribution in [2.24, 2.45) is 0 Å². The Hall–Kier alpha value is -0.790. The van der Waals surface area contributed by atoms with Gasteiger partial charge < -0.3 is 0 Å². The summed E-state index contributed by atoms with van der Waals surface area (Å²) in [7, 11) is 0. The van der Waals surface area contributed by atoms with Gasteiger partial charge in [-0.1, -0.05) is 169 Å². The standard InChI is InChI=1S/C37H73N2/c1-6-8-10-12-14-16-18-19-20-22-24-26-28-30-32-38-33-34-39(37(38)35(3)4)36(5)31-29-27-25-23-21-17-15-13-11-9-7-2/h33-36H,6-32H2,1-5H3/q+1. The zero-order valence-electron chi connectivity index (χ0n) is 27.8. The molecule has 0 aliphatic heterocycles. The van der Waals surface area contributed by atoms with Crippen molar-refractivity contribution in [3.63, 3.8) is 0 Å². The second-order valence-corrected chi connectivity index (χ2v) is 13.2. The van der Waals surface area contributed by atoms with Gasteiger partial charge in [-0.15, -0.1) is 0 Å². The summed E-state index contributed by atoms with van der Waals surface area (Å²) in [5.74, 6) is 2.13. The molecule has 39 heavy (non-hydrogen) atoms. The summed E-state index contributed by atoms with van der Waals surface area (Å²) in [6.07, 6.45) is 41.9. The highest BCUT2D eigenvalue weighted by molar-refractivity contribution is 4.92. The van der Waals surface area contributed by atoms with Crippen LogP contribution in [0, 0.1) is 0 Å². The van der Waals surface area contributed by atoms with E-state index >= 15 is 0 Å². The summed E-state index contributed by atoms with van der Waals surface area (Å²) < 4.78 is 5.17. The van der Waals surface area contributed by atoms with Crippen molar-refractivity contribution in [2.45, 2.75) is 220 Å². The summed E-state index contributed by atoms with van der Waals surface area (Å²) in [5, 5.41) is 0. The van der Waals surface area contributed by atoms with Crippen LogP contribution in [0.3, 0.4) is 0 Å². The van der Waals surface area contributed by atoms with Crippen LogP contribution in [-0.2, 0) is 6.54 Å². The Balaban J connectivity index is 2.12. The van der Waals surface area contributed by atoms with Crippen LogP contribution in [0.25, 0.3) is 0 Å². The zero-order chi connectivity index (χ0) is 28.4. The molecule has 0 saturated heterocycles. The van der Waals surface area contributed by atoms with E-state index in [1.165, 1.54) is 173 Å². The molecule has 0 N–H and O–H groups in total. The SMILES string of the molecule is CCCCCCCCCCCCCCCC[n+]1ccn(C(C)CCCCCCCCCCCCC)c1C(C)C. The van der Waals surface area contributed by atoms with E-state index in [0.29, 0.717) is 12.0 Å². The van der Waals surface area contributed by atoms with Gasteiger partial charge in [-0.2, -0.15) is 0 Å². The van der Waals surface area contributed by atoms with Gasteiger partial charge in [0.15, 0.2) is 0 Å². The van der Waals surface area contributed by atoms with Crippen molar-refractivity contribution in [2.75, 3.05) is 0 Å². The molecule has 230 valence electrons. The van der Waals surface area contributed by atoms with Crippen molar-refractivity contribution in [3.8, 4) is 0 Å². The molecule has 0 amide bonds. The van der Waals surface area contributed by atoms with Crippen LogP contribution in [0.4, 0.5) is 0 Å². The first-order valence-corrected chi connectivity index (χ1v) is 18.2. The molecule has 0 spiro atoms. The first kappa shape index (κ1) is 36.2. The fourth-order valence-electron chi connectivity index (χ4n) is 6.36. The quantitative estimate of drug-likeness (QED) is 0.0699. The molecule has 1 atom stereocenters. The average Bonchev–Trinajstić information content (AvgIpc) is 3.36. The van der Waals surface area contributed by atoms with Crippen molar-refractivity contribution >= 4 is 0 Å². The Morgan fingerprint density at radius 1 is 0.513 bits per heavy atom. The highest BCUT2D eigenvalue weighted by atomic mass is 15.2. The van der Waals surface area contributed by atoms with Gasteiger partial charge in [0.05, 0.1) is 18.5 Å². The number of hydrogen-bond acceptors (Lipinski definition) is 0. The minimum absolute atomic E-state index is 0.589. The van der Waals surface area contributed by atoms with E-state index in [0.717, 1.165) is 0 Å². The topological polar surface area (TPSA) is 8.81 Å². The Morgan fingerprint density at radius 3 is 1.26 bits per heavy atom. The molecule has 0 radical (unpaired) electrons. The van der Waals surface area contributed by atoms with Gasteiger partial charge >= 0.3 is 0 Å². The molecule has 0 aliphatic carbocycles. The Kier molecular flexibility index (Phi) is 24.3. The van der Waals surface area contributed by atoms with Gasteiger partial charge in [-0.25, -0.2) is 9.13 Å². The number of imidazole rings is 1. The van der Waals surface area contributed by atoms with Crippen molar-refractivity contribution in [1.29, 1.82) is 0 Å². The van der Waals surface area contributed by atoms with Gasteiger partial charge in [0.2, 0.25) is 0 Å². The number of unbranched alkanes of at least 4 members (excludes halogenated alkanes) is 23. The molecule has 1 heterocycles. The molecule has 0 aromatic carbocycles. The number of nitrogens with zero attached hydrogens (tertiary/aromatic N) is 2. The fraction of sp³-hybridized carbons (Fsp3) is 0.919. The maximum Gasteiger partial charge on any atom is 0.259 e. The van der Waals surface area contributed by atoms with Gasteiger partial charge in [-0.3, -0.25) is 0 Å². The highest BCUT2D eigenvalue weighted by Gasteiger charge is 2.23. The van der Waals surface area contributed by atoms with Crippen LogP contribution in [-0.4, -0.2) is 4.57 Å². The first-order valence-electron chi connectivity index (χ1n) is 18.2. The van der Waals surface area contributed by atoms with E-state index in [-0.39, 0.29) is 0 Å². The molecule has 1 aromatic heterocycles. The number of hydrogen-bond donors (Lipinski definition) is 0. The van der Waals surface area contributed by atoms with E-state index < -0.39 is 0 Å². The Morgan fingerprint density at radius 2 is 0.872 bits per heavy atom. The van der Waals surface area contributed by atoms with Crippen molar-refractivity contribution in [1.82, 2.24) is 4.57 Å². The normalized spacial score (nSPS) is 12.6. The molecule has 0 aliphatic rings. The summed E-state index contributed by atoms with van der Waals surface area (Å²) in [4.78, 5) is 0. The predicted molar refractivity (Wildman–Crippen MR) is 175 cm³/mol. The smallest absolute Gasteiger partial charge is 0.234 e. The van der Waals surface area contributed by atoms with E-state index in [9.17, 15) is 0 Å². The van der Waals surface area contributed by atoms with Crippen LogP contribution >= 0.6 is 0 Å². The summed E-state index contributed by atoms with van der Waals surface area (Å²) >= 11 is 0. The zero-order valence-corrected chi connectivity index (χ0v) is 27.8.